The maximum atomic E-state index is 9.47. The van der Waals surface area contributed by atoms with Crippen molar-refractivity contribution in [3.63, 3.8) is 0 Å². The van der Waals surface area contributed by atoms with Crippen molar-refractivity contribution in [2.45, 2.75) is 25.9 Å². The van der Waals surface area contributed by atoms with Crippen molar-refractivity contribution in [2.75, 3.05) is 29.9 Å². The Bertz CT molecular complexity index is 345. The largest absolute Gasteiger partial charge is 0.391 e. The predicted molar refractivity (Wildman–Crippen MR) is 63.6 cm³/mol. The van der Waals surface area contributed by atoms with Gasteiger partial charge in [-0.15, -0.1) is 0 Å². The molecule has 1 saturated heterocycles. The van der Waals surface area contributed by atoms with E-state index in [2.05, 4.69) is 27.1 Å². The van der Waals surface area contributed by atoms with Crippen molar-refractivity contribution in [2.24, 2.45) is 0 Å². The van der Waals surface area contributed by atoms with Crippen LogP contribution in [0.1, 0.15) is 19.8 Å². The first-order valence-corrected chi connectivity index (χ1v) is 5.78. The lowest BCUT2D eigenvalue weighted by molar-refractivity contribution is 0.198. The molecule has 88 valence electrons. The highest BCUT2D eigenvalue weighted by atomic mass is 16.3. The molecule has 0 saturated carbocycles. The molecule has 1 unspecified atom stereocenters. The van der Waals surface area contributed by atoms with E-state index in [4.69, 9.17) is 0 Å². The van der Waals surface area contributed by atoms with Crippen molar-refractivity contribution < 1.29 is 5.11 Å². The van der Waals surface area contributed by atoms with Gasteiger partial charge in [-0.05, 0) is 12.8 Å². The van der Waals surface area contributed by atoms with Crippen LogP contribution in [0.4, 0.5) is 11.6 Å². The molecule has 2 heterocycles. The summed E-state index contributed by atoms with van der Waals surface area (Å²) in [5.74, 6) is 1.65. The summed E-state index contributed by atoms with van der Waals surface area (Å²) in [6.45, 7) is 4.53. The number of aromatic nitrogens is 2. The van der Waals surface area contributed by atoms with E-state index < -0.39 is 0 Å². The summed E-state index contributed by atoms with van der Waals surface area (Å²) in [5.41, 5.74) is 0. The van der Waals surface area contributed by atoms with E-state index in [-0.39, 0.29) is 6.10 Å². The number of nitrogens with one attached hydrogen (secondary N) is 1. The SMILES string of the molecule is CCCNc1cncc(N2CCC(O)C2)n1. The van der Waals surface area contributed by atoms with Crippen LogP contribution in [0.15, 0.2) is 12.4 Å². The molecule has 0 radical (unpaired) electrons. The van der Waals surface area contributed by atoms with Gasteiger partial charge in [0, 0.05) is 19.6 Å². The van der Waals surface area contributed by atoms with E-state index in [1.54, 1.807) is 12.4 Å². The van der Waals surface area contributed by atoms with Crippen LogP contribution < -0.4 is 10.2 Å². The van der Waals surface area contributed by atoms with Crippen LogP contribution >= 0.6 is 0 Å². The molecule has 0 spiro atoms. The summed E-state index contributed by atoms with van der Waals surface area (Å²) in [6.07, 6.45) is 5.12. The summed E-state index contributed by atoms with van der Waals surface area (Å²) >= 11 is 0. The number of β-amino-alcohol motifs (C(OH)–C–C–N with tert-alkyl or cyclic N) is 1. The van der Waals surface area contributed by atoms with Gasteiger partial charge in [-0.2, -0.15) is 0 Å². The van der Waals surface area contributed by atoms with Gasteiger partial charge >= 0.3 is 0 Å². The number of rotatable bonds is 4. The van der Waals surface area contributed by atoms with Gasteiger partial charge < -0.3 is 15.3 Å². The Morgan fingerprint density at radius 2 is 2.44 bits per heavy atom. The first kappa shape index (κ1) is 11.1. The molecule has 0 bridgehead atoms. The van der Waals surface area contributed by atoms with Gasteiger partial charge in [0.25, 0.3) is 0 Å². The summed E-state index contributed by atoms with van der Waals surface area (Å²) < 4.78 is 0. The van der Waals surface area contributed by atoms with Crippen LogP contribution in [-0.2, 0) is 0 Å². The lowest BCUT2D eigenvalue weighted by Crippen LogP contribution is -2.22. The average molecular weight is 222 g/mol. The molecule has 16 heavy (non-hydrogen) atoms. The number of anilines is 2. The van der Waals surface area contributed by atoms with Crippen molar-refractivity contribution in [3.8, 4) is 0 Å². The lowest BCUT2D eigenvalue weighted by atomic mass is 10.3. The summed E-state index contributed by atoms with van der Waals surface area (Å²) in [5, 5.41) is 12.7. The molecule has 0 amide bonds. The summed E-state index contributed by atoms with van der Waals surface area (Å²) in [6, 6.07) is 0. The fourth-order valence-electron chi connectivity index (χ4n) is 1.80. The number of aliphatic hydroxyl groups excluding tert-OH is 1. The average Bonchev–Trinajstić information content (AvgIpc) is 2.74. The Balaban J connectivity index is 2.04. The second kappa shape index (κ2) is 5.12. The molecule has 5 nitrogen and oxygen atoms in total. The zero-order chi connectivity index (χ0) is 11.4. The smallest absolute Gasteiger partial charge is 0.149 e. The van der Waals surface area contributed by atoms with Gasteiger partial charge in [-0.3, -0.25) is 4.98 Å². The molecule has 1 aromatic rings. The van der Waals surface area contributed by atoms with Crippen molar-refractivity contribution in [1.29, 1.82) is 0 Å². The van der Waals surface area contributed by atoms with Crippen molar-refractivity contribution in [3.05, 3.63) is 12.4 Å². The monoisotopic (exact) mass is 222 g/mol. The molecule has 0 aromatic carbocycles. The van der Waals surface area contributed by atoms with E-state index >= 15 is 0 Å². The molecule has 1 aliphatic rings. The highest BCUT2D eigenvalue weighted by Crippen LogP contribution is 2.18. The lowest BCUT2D eigenvalue weighted by Gasteiger charge is -2.16. The zero-order valence-corrected chi connectivity index (χ0v) is 9.56. The van der Waals surface area contributed by atoms with Gasteiger partial charge in [0.05, 0.1) is 18.5 Å². The molecule has 2 rings (SSSR count). The maximum Gasteiger partial charge on any atom is 0.149 e. The maximum absolute atomic E-state index is 9.47. The highest BCUT2D eigenvalue weighted by molar-refractivity contribution is 5.44. The first-order valence-electron chi connectivity index (χ1n) is 5.78. The molecule has 1 fully saturated rings. The fourth-order valence-corrected chi connectivity index (χ4v) is 1.80. The van der Waals surface area contributed by atoms with Crippen LogP contribution in [0.5, 0.6) is 0 Å². The standard InChI is InChI=1S/C11H18N4O/c1-2-4-13-10-6-12-7-11(14-10)15-5-3-9(16)8-15/h6-7,9,16H,2-5,8H2,1H3,(H,13,14). The number of hydrogen-bond acceptors (Lipinski definition) is 5. The molecular weight excluding hydrogens is 204 g/mol. The zero-order valence-electron chi connectivity index (χ0n) is 9.56. The van der Waals surface area contributed by atoms with E-state index in [0.29, 0.717) is 6.54 Å². The number of hydrogen-bond donors (Lipinski definition) is 2. The molecule has 0 aliphatic carbocycles. The Hall–Kier alpha value is -1.36. The topological polar surface area (TPSA) is 61.3 Å². The Kier molecular flexibility index (Phi) is 3.56. The number of aliphatic hydroxyl groups is 1. The molecule has 1 aliphatic heterocycles. The Labute approximate surface area is 95.5 Å². The van der Waals surface area contributed by atoms with Crippen molar-refractivity contribution in [1.82, 2.24) is 9.97 Å². The fraction of sp³-hybridized carbons (Fsp3) is 0.636. The minimum Gasteiger partial charge on any atom is -0.391 e. The summed E-state index contributed by atoms with van der Waals surface area (Å²) in [7, 11) is 0. The third kappa shape index (κ3) is 2.61. The van der Waals surface area contributed by atoms with E-state index in [0.717, 1.165) is 37.6 Å². The quantitative estimate of drug-likeness (QED) is 0.791. The second-order valence-electron chi connectivity index (χ2n) is 4.08. The first-order chi connectivity index (χ1) is 7.79. The van der Waals surface area contributed by atoms with Gasteiger partial charge in [0.2, 0.25) is 0 Å². The second-order valence-corrected chi connectivity index (χ2v) is 4.08. The van der Waals surface area contributed by atoms with E-state index in [1.807, 2.05) is 0 Å². The third-order valence-corrected chi connectivity index (χ3v) is 2.67. The van der Waals surface area contributed by atoms with Gasteiger partial charge in [-0.1, -0.05) is 6.92 Å². The Morgan fingerprint density at radius 1 is 1.56 bits per heavy atom. The molecule has 1 atom stereocenters. The molecular formula is C11H18N4O. The van der Waals surface area contributed by atoms with E-state index in [1.165, 1.54) is 0 Å². The predicted octanol–water partition coefficient (Wildman–Crippen LogP) is 0.869. The molecule has 1 aromatic heterocycles. The normalized spacial score (nSPS) is 20.1. The van der Waals surface area contributed by atoms with Crippen LogP contribution in [0.2, 0.25) is 0 Å². The van der Waals surface area contributed by atoms with Crippen molar-refractivity contribution >= 4 is 11.6 Å². The minimum atomic E-state index is -0.228. The summed E-state index contributed by atoms with van der Waals surface area (Å²) in [4.78, 5) is 10.7. The van der Waals surface area contributed by atoms with E-state index in [9.17, 15) is 5.11 Å². The molecule has 2 N–H and O–H groups in total. The number of nitrogens with zero attached hydrogens (tertiary/aromatic N) is 3. The van der Waals surface area contributed by atoms with Crippen LogP contribution in [0.25, 0.3) is 0 Å². The van der Waals surface area contributed by atoms with Crippen LogP contribution in [0, 0.1) is 0 Å². The van der Waals surface area contributed by atoms with Gasteiger partial charge in [0.1, 0.15) is 11.6 Å². The Morgan fingerprint density at radius 3 is 3.12 bits per heavy atom. The minimum absolute atomic E-state index is 0.228. The third-order valence-electron chi connectivity index (χ3n) is 2.67. The highest BCUT2D eigenvalue weighted by Gasteiger charge is 2.21. The van der Waals surface area contributed by atoms with Crippen LogP contribution in [0.3, 0.4) is 0 Å². The van der Waals surface area contributed by atoms with Crippen LogP contribution in [-0.4, -0.2) is 40.8 Å². The van der Waals surface area contributed by atoms with Gasteiger partial charge in [-0.25, -0.2) is 4.98 Å². The van der Waals surface area contributed by atoms with Gasteiger partial charge in [0.15, 0.2) is 0 Å². The molecule has 5 heteroatoms.